The Kier molecular flexibility index (Phi) is 3.45. The zero-order valence-corrected chi connectivity index (χ0v) is 10.7. The van der Waals surface area contributed by atoms with Gasteiger partial charge in [-0.05, 0) is 18.6 Å². The first-order valence-electron chi connectivity index (χ1n) is 5.47. The van der Waals surface area contributed by atoms with Gasteiger partial charge in [0.2, 0.25) is 0 Å². The molecule has 7 heteroatoms. The highest BCUT2D eigenvalue weighted by Crippen LogP contribution is 2.36. The molecule has 0 saturated carbocycles. The predicted octanol–water partition coefficient (Wildman–Crippen LogP) is 3.75. The summed E-state index contributed by atoms with van der Waals surface area (Å²) >= 11 is 5.76. The van der Waals surface area contributed by atoms with Crippen molar-refractivity contribution in [1.29, 1.82) is 0 Å². The molecular weight excluding hydrogens is 279 g/mol. The molecule has 0 amide bonds. The lowest BCUT2D eigenvalue weighted by atomic mass is 10.0. The average Bonchev–Trinajstić information content (AvgIpc) is 2.68. The molecule has 0 radical (unpaired) electrons. The molecule has 0 fully saturated rings. The van der Waals surface area contributed by atoms with E-state index in [1.807, 2.05) is 0 Å². The van der Waals surface area contributed by atoms with E-state index in [4.69, 9.17) is 17.3 Å². The van der Waals surface area contributed by atoms with Crippen LogP contribution < -0.4 is 5.73 Å². The maximum absolute atomic E-state index is 12.9. The van der Waals surface area contributed by atoms with Crippen molar-refractivity contribution in [1.82, 2.24) is 9.78 Å². The van der Waals surface area contributed by atoms with E-state index >= 15 is 0 Å². The smallest absolute Gasteiger partial charge is 0.383 e. The van der Waals surface area contributed by atoms with Gasteiger partial charge in [-0.15, -0.1) is 0 Å². The summed E-state index contributed by atoms with van der Waals surface area (Å²) in [6.45, 7) is 1.59. The number of hydrogen-bond donors (Lipinski definition) is 1. The molecule has 19 heavy (non-hydrogen) atoms. The average molecular weight is 290 g/mol. The van der Waals surface area contributed by atoms with E-state index in [-0.39, 0.29) is 16.4 Å². The first-order chi connectivity index (χ1) is 8.82. The zero-order chi connectivity index (χ0) is 14.2. The number of benzene rings is 1. The van der Waals surface area contributed by atoms with Crippen LogP contribution in [0.3, 0.4) is 0 Å². The number of rotatable bonds is 2. The van der Waals surface area contributed by atoms with Crippen LogP contribution in [0.1, 0.15) is 24.1 Å². The van der Waals surface area contributed by atoms with E-state index in [1.165, 1.54) is 23.0 Å². The third-order valence-electron chi connectivity index (χ3n) is 2.87. The molecule has 2 aromatic rings. The standard InChI is InChI=1S/C12H11ClF3N3/c1-7(19-11(17)10(13)6-18-19)8-4-2-3-5-9(8)12(14,15)16/h2-7H,17H2,1H3. The summed E-state index contributed by atoms with van der Waals surface area (Å²) in [6, 6.07) is 4.67. The van der Waals surface area contributed by atoms with Gasteiger partial charge in [-0.3, -0.25) is 0 Å². The highest BCUT2D eigenvalue weighted by Gasteiger charge is 2.34. The van der Waals surface area contributed by atoms with Crippen LogP contribution in [-0.2, 0) is 6.18 Å². The van der Waals surface area contributed by atoms with Crippen molar-refractivity contribution in [2.75, 3.05) is 5.73 Å². The molecule has 102 valence electrons. The molecule has 3 nitrogen and oxygen atoms in total. The van der Waals surface area contributed by atoms with E-state index in [0.29, 0.717) is 0 Å². The Hall–Kier alpha value is -1.69. The minimum absolute atomic E-state index is 0.0986. The lowest BCUT2D eigenvalue weighted by Crippen LogP contribution is -2.17. The van der Waals surface area contributed by atoms with Crippen molar-refractivity contribution < 1.29 is 13.2 Å². The van der Waals surface area contributed by atoms with E-state index in [0.717, 1.165) is 6.07 Å². The second kappa shape index (κ2) is 4.77. The van der Waals surface area contributed by atoms with Gasteiger partial charge >= 0.3 is 6.18 Å². The van der Waals surface area contributed by atoms with E-state index in [9.17, 15) is 13.2 Å². The molecule has 2 N–H and O–H groups in total. The predicted molar refractivity (Wildman–Crippen MR) is 66.9 cm³/mol. The van der Waals surface area contributed by atoms with E-state index < -0.39 is 17.8 Å². The molecule has 0 aliphatic heterocycles. The molecule has 1 heterocycles. The van der Waals surface area contributed by atoms with Gasteiger partial charge in [0.25, 0.3) is 0 Å². The summed E-state index contributed by atoms with van der Waals surface area (Å²) in [5.41, 5.74) is 5.09. The van der Waals surface area contributed by atoms with Gasteiger partial charge in [0, 0.05) is 0 Å². The summed E-state index contributed by atoms with van der Waals surface area (Å²) in [6.07, 6.45) is -3.11. The summed E-state index contributed by atoms with van der Waals surface area (Å²) < 4.78 is 40.1. The Morgan fingerprint density at radius 3 is 2.47 bits per heavy atom. The normalized spacial score (nSPS) is 13.5. The Labute approximate surface area is 112 Å². The van der Waals surface area contributed by atoms with Crippen molar-refractivity contribution in [3.8, 4) is 0 Å². The van der Waals surface area contributed by atoms with E-state index in [1.54, 1.807) is 13.0 Å². The first kappa shape index (κ1) is 13.7. The van der Waals surface area contributed by atoms with Gasteiger partial charge in [-0.1, -0.05) is 29.8 Å². The van der Waals surface area contributed by atoms with Crippen molar-refractivity contribution in [3.05, 3.63) is 46.6 Å². The van der Waals surface area contributed by atoms with Gasteiger partial charge in [-0.2, -0.15) is 18.3 Å². The highest BCUT2D eigenvalue weighted by molar-refractivity contribution is 6.32. The molecule has 1 aromatic carbocycles. The number of aromatic nitrogens is 2. The van der Waals surface area contributed by atoms with Crippen LogP contribution in [0.25, 0.3) is 0 Å². The number of nitrogens with two attached hydrogens (primary N) is 1. The summed E-state index contributed by atoms with van der Waals surface area (Å²) in [5.74, 6) is 0.145. The summed E-state index contributed by atoms with van der Waals surface area (Å²) in [5, 5.41) is 4.13. The fourth-order valence-electron chi connectivity index (χ4n) is 1.91. The molecule has 1 atom stereocenters. The molecule has 1 unspecified atom stereocenters. The van der Waals surface area contributed by atoms with Gasteiger partial charge in [0.1, 0.15) is 10.8 Å². The number of alkyl halides is 3. The second-order valence-electron chi connectivity index (χ2n) is 4.08. The molecule has 1 aromatic heterocycles. The molecule has 0 bridgehead atoms. The second-order valence-corrected chi connectivity index (χ2v) is 4.49. The van der Waals surface area contributed by atoms with Crippen molar-refractivity contribution in [3.63, 3.8) is 0 Å². The lowest BCUT2D eigenvalue weighted by molar-refractivity contribution is -0.138. The molecule has 0 spiro atoms. The zero-order valence-electron chi connectivity index (χ0n) is 9.95. The van der Waals surface area contributed by atoms with Crippen LogP contribution in [0.4, 0.5) is 19.0 Å². The minimum atomic E-state index is -4.42. The molecule has 0 saturated heterocycles. The Morgan fingerprint density at radius 2 is 1.95 bits per heavy atom. The maximum atomic E-state index is 12.9. The SMILES string of the molecule is CC(c1ccccc1C(F)(F)F)n1ncc(Cl)c1N. The number of halogens is 4. The summed E-state index contributed by atoms with van der Waals surface area (Å²) in [7, 11) is 0. The summed E-state index contributed by atoms with van der Waals surface area (Å²) in [4.78, 5) is 0. The van der Waals surface area contributed by atoms with Crippen LogP contribution in [0, 0.1) is 0 Å². The van der Waals surface area contributed by atoms with E-state index in [2.05, 4.69) is 5.10 Å². The third kappa shape index (κ3) is 2.53. The highest BCUT2D eigenvalue weighted by atomic mass is 35.5. The number of nitrogen functional groups attached to an aromatic ring is 1. The number of hydrogen-bond acceptors (Lipinski definition) is 2. The fourth-order valence-corrected chi connectivity index (χ4v) is 2.04. The van der Waals surface area contributed by atoms with Crippen molar-refractivity contribution in [2.24, 2.45) is 0 Å². The van der Waals surface area contributed by atoms with Gasteiger partial charge in [-0.25, -0.2) is 4.68 Å². The van der Waals surface area contributed by atoms with Gasteiger partial charge < -0.3 is 5.73 Å². The molecular formula is C12H11ClF3N3. The fraction of sp³-hybridized carbons (Fsp3) is 0.250. The number of anilines is 1. The van der Waals surface area contributed by atoms with Crippen LogP contribution in [0.15, 0.2) is 30.5 Å². The lowest BCUT2D eigenvalue weighted by Gasteiger charge is -2.19. The molecule has 2 rings (SSSR count). The number of nitrogens with zero attached hydrogens (tertiary/aromatic N) is 2. The van der Waals surface area contributed by atoms with Crippen LogP contribution >= 0.6 is 11.6 Å². The van der Waals surface area contributed by atoms with Crippen LogP contribution in [-0.4, -0.2) is 9.78 Å². The Morgan fingerprint density at radius 1 is 1.32 bits per heavy atom. The van der Waals surface area contributed by atoms with Gasteiger partial charge in [0.15, 0.2) is 0 Å². The Bertz CT molecular complexity index is 592. The quantitative estimate of drug-likeness (QED) is 0.915. The molecule has 0 aliphatic rings. The topological polar surface area (TPSA) is 43.8 Å². The van der Waals surface area contributed by atoms with Crippen molar-refractivity contribution >= 4 is 17.4 Å². The monoisotopic (exact) mass is 289 g/mol. The third-order valence-corrected chi connectivity index (χ3v) is 3.16. The van der Waals surface area contributed by atoms with Crippen LogP contribution in [0.2, 0.25) is 5.02 Å². The van der Waals surface area contributed by atoms with Crippen molar-refractivity contribution in [2.45, 2.75) is 19.1 Å². The van der Waals surface area contributed by atoms with Gasteiger partial charge in [0.05, 0.1) is 17.8 Å². The minimum Gasteiger partial charge on any atom is -0.383 e. The first-order valence-corrected chi connectivity index (χ1v) is 5.84. The van der Waals surface area contributed by atoms with Crippen LogP contribution in [0.5, 0.6) is 0 Å². The Balaban J connectivity index is 2.51. The maximum Gasteiger partial charge on any atom is 0.416 e. The molecule has 0 aliphatic carbocycles. The largest absolute Gasteiger partial charge is 0.416 e.